The van der Waals surface area contributed by atoms with Crippen molar-refractivity contribution in [2.45, 2.75) is 32.6 Å². The van der Waals surface area contributed by atoms with Crippen LogP contribution in [0.25, 0.3) is 11.1 Å². The molecule has 0 aliphatic rings. The van der Waals surface area contributed by atoms with E-state index in [1.165, 1.54) is 6.33 Å². The first-order chi connectivity index (χ1) is 11.6. The third-order valence-corrected chi connectivity index (χ3v) is 4.52. The highest BCUT2D eigenvalue weighted by Gasteiger charge is 2.29. The van der Waals surface area contributed by atoms with E-state index >= 15 is 0 Å². The van der Waals surface area contributed by atoms with Crippen LogP contribution in [0.15, 0.2) is 59.4 Å². The molecule has 0 aliphatic carbocycles. The Balaban J connectivity index is 1.93. The molecule has 0 aliphatic heterocycles. The standard InChI is InChI=1S/C20H21FN2O/c1-13(2)19(20-22-12-23-24-20)14(3)16-9-10-17(18(21)11-16)15-7-5-4-6-8-15/h4-14,19H,1-3H3. The number of hydrogen-bond acceptors (Lipinski definition) is 3. The first-order valence-electron chi connectivity index (χ1n) is 8.19. The van der Waals surface area contributed by atoms with Crippen molar-refractivity contribution < 1.29 is 8.91 Å². The first-order valence-corrected chi connectivity index (χ1v) is 8.19. The van der Waals surface area contributed by atoms with Crippen LogP contribution in [0.5, 0.6) is 0 Å². The summed E-state index contributed by atoms with van der Waals surface area (Å²) in [7, 11) is 0. The van der Waals surface area contributed by atoms with Gasteiger partial charge in [0.05, 0.1) is 0 Å². The van der Waals surface area contributed by atoms with Gasteiger partial charge in [0.15, 0.2) is 6.33 Å². The van der Waals surface area contributed by atoms with Crippen molar-refractivity contribution in [3.63, 3.8) is 0 Å². The molecule has 1 aromatic heterocycles. The molecular weight excluding hydrogens is 303 g/mol. The highest BCUT2D eigenvalue weighted by atomic mass is 19.1. The van der Waals surface area contributed by atoms with Gasteiger partial charge in [0, 0.05) is 11.5 Å². The largest absolute Gasteiger partial charge is 0.339 e. The van der Waals surface area contributed by atoms with Crippen molar-refractivity contribution in [1.29, 1.82) is 0 Å². The smallest absolute Gasteiger partial charge is 0.230 e. The summed E-state index contributed by atoms with van der Waals surface area (Å²) in [4.78, 5) is 4.20. The minimum absolute atomic E-state index is 0.0504. The second-order valence-electron chi connectivity index (χ2n) is 6.44. The van der Waals surface area contributed by atoms with Crippen molar-refractivity contribution in [2.24, 2.45) is 5.92 Å². The van der Waals surface area contributed by atoms with Crippen LogP contribution < -0.4 is 0 Å². The Kier molecular flexibility index (Phi) is 4.74. The fraction of sp³-hybridized carbons (Fsp3) is 0.300. The Morgan fingerprint density at radius 3 is 2.33 bits per heavy atom. The maximum atomic E-state index is 14.7. The molecule has 2 unspecified atom stereocenters. The molecule has 0 fully saturated rings. The predicted molar refractivity (Wildman–Crippen MR) is 92.1 cm³/mol. The van der Waals surface area contributed by atoms with Gasteiger partial charge in [0.2, 0.25) is 5.89 Å². The summed E-state index contributed by atoms with van der Waals surface area (Å²) in [6, 6.07) is 15.0. The molecule has 0 radical (unpaired) electrons. The molecule has 0 amide bonds. The molecule has 0 bridgehead atoms. The molecule has 3 aromatic rings. The molecule has 124 valence electrons. The maximum absolute atomic E-state index is 14.7. The van der Waals surface area contributed by atoms with Crippen LogP contribution in [0.1, 0.15) is 44.1 Å². The molecule has 24 heavy (non-hydrogen) atoms. The van der Waals surface area contributed by atoms with Crippen LogP contribution in [0, 0.1) is 11.7 Å². The number of hydrogen-bond donors (Lipinski definition) is 0. The summed E-state index contributed by atoms with van der Waals surface area (Å²) >= 11 is 0. The normalized spacial score (nSPS) is 13.9. The van der Waals surface area contributed by atoms with Gasteiger partial charge >= 0.3 is 0 Å². The molecule has 0 N–H and O–H groups in total. The maximum Gasteiger partial charge on any atom is 0.230 e. The van der Waals surface area contributed by atoms with E-state index in [9.17, 15) is 4.39 Å². The minimum Gasteiger partial charge on any atom is -0.339 e. The monoisotopic (exact) mass is 324 g/mol. The number of rotatable bonds is 5. The lowest BCUT2D eigenvalue weighted by Crippen LogP contribution is -2.15. The lowest BCUT2D eigenvalue weighted by Gasteiger charge is -2.24. The summed E-state index contributed by atoms with van der Waals surface area (Å²) in [6.45, 7) is 6.30. The number of halogens is 1. The Morgan fingerprint density at radius 1 is 1.00 bits per heavy atom. The van der Waals surface area contributed by atoms with E-state index in [1.54, 1.807) is 6.07 Å². The topological polar surface area (TPSA) is 38.9 Å². The van der Waals surface area contributed by atoms with Crippen LogP contribution in [-0.2, 0) is 0 Å². The Hall–Kier alpha value is -2.49. The summed E-state index contributed by atoms with van der Waals surface area (Å²) in [5.41, 5.74) is 2.43. The number of nitrogens with zero attached hydrogens (tertiary/aromatic N) is 2. The summed E-state index contributed by atoms with van der Waals surface area (Å²) in [5.74, 6) is 0.820. The van der Waals surface area contributed by atoms with E-state index in [0.29, 0.717) is 17.4 Å². The summed E-state index contributed by atoms with van der Waals surface area (Å²) in [5, 5.41) is 3.71. The van der Waals surface area contributed by atoms with Crippen LogP contribution in [0.3, 0.4) is 0 Å². The van der Waals surface area contributed by atoms with Crippen molar-refractivity contribution in [3.05, 3.63) is 72.1 Å². The van der Waals surface area contributed by atoms with Gasteiger partial charge in [-0.1, -0.05) is 68.4 Å². The Labute approximate surface area is 141 Å². The van der Waals surface area contributed by atoms with Gasteiger partial charge in [-0.2, -0.15) is 4.98 Å². The molecule has 0 spiro atoms. The van der Waals surface area contributed by atoms with Gasteiger partial charge in [-0.25, -0.2) is 4.39 Å². The fourth-order valence-electron chi connectivity index (χ4n) is 3.28. The van der Waals surface area contributed by atoms with E-state index in [-0.39, 0.29) is 17.7 Å². The van der Waals surface area contributed by atoms with E-state index in [2.05, 4.69) is 30.9 Å². The zero-order valence-electron chi connectivity index (χ0n) is 14.1. The molecule has 0 saturated heterocycles. The van der Waals surface area contributed by atoms with Gasteiger partial charge < -0.3 is 4.52 Å². The highest BCUT2D eigenvalue weighted by Crippen LogP contribution is 2.38. The fourth-order valence-corrected chi connectivity index (χ4v) is 3.28. The second-order valence-corrected chi connectivity index (χ2v) is 6.44. The van der Waals surface area contributed by atoms with E-state index in [0.717, 1.165) is 11.1 Å². The number of benzene rings is 2. The predicted octanol–water partition coefficient (Wildman–Crippen LogP) is 5.42. The third-order valence-electron chi connectivity index (χ3n) is 4.52. The van der Waals surface area contributed by atoms with E-state index < -0.39 is 0 Å². The van der Waals surface area contributed by atoms with Crippen LogP contribution in [-0.4, -0.2) is 10.1 Å². The highest BCUT2D eigenvalue weighted by molar-refractivity contribution is 5.64. The van der Waals surface area contributed by atoms with Gasteiger partial charge in [0.1, 0.15) is 5.82 Å². The summed E-state index contributed by atoms with van der Waals surface area (Å²) < 4.78 is 19.9. The van der Waals surface area contributed by atoms with Gasteiger partial charge in [-0.05, 0) is 29.0 Å². The van der Waals surface area contributed by atoms with Crippen molar-refractivity contribution in [3.8, 4) is 11.1 Å². The molecular formula is C20H21FN2O. The molecule has 3 rings (SSSR count). The van der Waals surface area contributed by atoms with Crippen molar-refractivity contribution in [2.75, 3.05) is 0 Å². The molecule has 2 aromatic carbocycles. The molecule has 3 nitrogen and oxygen atoms in total. The van der Waals surface area contributed by atoms with E-state index in [1.807, 2.05) is 42.5 Å². The molecule has 2 atom stereocenters. The first kappa shape index (κ1) is 16.4. The molecule has 4 heteroatoms. The van der Waals surface area contributed by atoms with E-state index in [4.69, 9.17) is 4.52 Å². The summed E-state index contributed by atoms with van der Waals surface area (Å²) in [6.07, 6.45) is 1.41. The molecule has 0 saturated carbocycles. The third kappa shape index (κ3) is 3.23. The van der Waals surface area contributed by atoms with Gasteiger partial charge in [-0.3, -0.25) is 0 Å². The average Bonchev–Trinajstić information content (AvgIpc) is 3.09. The van der Waals surface area contributed by atoms with Crippen LogP contribution in [0.4, 0.5) is 4.39 Å². The minimum atomic E-state index is -0.210. The van der Waals surface area contributed by atoms with Crippen molar-refractivity contribution in [1.82, 2.24) is 10.1 Å². The molecule has 1 heterocycles. The quantitative estimate of drug-likeness (QED) is 0.629. The van der Waals surface area contributed by atoms with Crippen molar-refractivity contribution >= 4 is 0 Å². The van der Waals surface area contributed by atoms with Gasteiger partial charge in [-0.15, -0.1) is 0 Å². The second kappa shape index (κ2) is 6.95. The lowest BCUT2D eigenvalue weighted by molar-refractivity contribution is 0.299. The average molecular weight is 324 g/mol. The van der Waals surface area contributed by atoms with Crippen LogP contribution in [0.2, 0.25) is 0 Å². The van der Waals surface area contributed by atoms with Crippen LogP contribution >= 0.6 is 0 Å². The van der Waals surface area contributed by atoms with Gasteiger partial charge in [0.25, 0.3) is 0 Å². The Morgan fingerprint density at radius 2 is 1.75 bits per heavy atom. The zero-order valence-corrected chi connectivity index (χ0v) is 14.1. The number of aromatic nitrogens is 2. The zero-order chi connectivity index (χ0) is 17.1. The SMILES string of the molecule is CC(C)C(c1ncno1)C(C)c1ccc(-c2ccccc2)c(F)c1. The lowest BCUT2D eigenvalue weighted by atomic mass is 9.80. The Bertz CT molecular complexity index is 785.